The third kappa shape index (κ3) is 1.82. The summed E-state index contributed by atoms with van der Waals surface area (Å²) >= 11 is 0. The van der Waals surface area contributed by atoms with E-state index in [-0.39, 0.29) is 5.69 Å². The maximum atomic E-state index is 10.8. The molecule has 1 saturated carbocycles. The molecule has 5 heteroatoms. The first-order valence-electron chi connectivity index (χ1n) is 5.52. The Morgan fingerprint density at radius 3 is 2.69 bits per heavy atom. The number of hydrogen-bond acceptors (Lipinski definition) is 3. The molecule has 1 aliphatic rings. The van der Waals surface area contributed by atoms with Gasteiger partial charge in [0.25, 0.3) is 0 Å². The Bertz CT molecular complexity index is 380. The van der Waals surface area contributed by atoms with Crippen LogP contribution in [0.5, 0.6) is 0 Å². The van der Waals surface area contributed by atoms with Crippen LogP contribution in [0.15, 0.2) is 6.20 Å². The zero-order chi connectivity index (χ0) is 11.6. The van der Waals surface area contributed by atoms with Crippen molar-refractivity contribution in [1.29, 1.82) is 0 Å². The maximum Gasteiger partial charge on any atom is 0.353 e. The summed E-state index contributed by atoms with van der Waals surface area (Å²) in [6.45, 7) is 0. The number of methoxy groups -OCH3 is 1. The molecule has 2 rings (SSSR count). The van der Waals surface area contributed by atoms with Crippen LogP contribution in [0.3, 0.4) is 0 Å². The Kier molecular flexibility index (Phi) is 2.96. The van der Waals surface area contributed by atoms with Gasteiger partial charge < -0.3 is 14.8 Å². The molecule has 88 valence electrons. The lowest BCUT2D eigenvalue weighted by Crippen LogP contribution is -2.32. The number of ether oxygens (including phenoxy) is 1. The van der Waals surface area contributed by atoms with Gasteiger partial charge in [-0.25, -0.2) is 9.78 Å². The number of aromatic carboxylic acids is 1. The molecular formula is C11H16N2O3. The molecule has 5 nitrogen and oxygen atoms in total. The molecule has 0 radical (unpaired) electrons. The summed E-state index contributed by atoms with van der Waals surface area (Å²) < 4.78 is 5.57. The number of carbonyl (C=O) groups is 1. The van der Waals surface area contributed by atoms with Gasteiger partial charge in [0.2, 0.25) is 0 Å². The number of rotatable bonds is 3. The normalized spacial score (nSPS) is 19.6. The van der Waals surface area contributed by atoms with Crippen molar-refractivity contribution < 1.29 is 14.6 Å². The van der Waals surface area contributed by atoms with Crippen LogP contribution in [-0.2, 0) is 10.3 Å². The molecule has 1 fully saturated rings. The number of H-pyrrole nitrogens is 1. The van der Waals surface area contributed by atoms with Gasteiger partial charge in [0.1, 0.15) is 17.1 Å². The van der Waals surface area contributed by atoms with E-state index >= 15 is 0 Å². The van der Waals surface area contributed by atoms with Gasteiger partial charge in [-0.05, 0) is 12.8 Å². The molecule has 0 unspecified atom stereocenters. The number of aromatic amines is 1. The fourth-order valence-electron chi connectivity index (χ4n) is 2.32. The molecule has 0 aromatic carbocycles. The fourth-order valence-corrected chi connectivity index (χ4v) is 2.32. The Morgan fingerprint density at radius 1 is 1.50 bits per heavy atom. The molecule has 1 aromatic rings. The average Bonchev–Trinajstić information content (AvgIpc) is 2.80. The van der Waals surface area contributed by atoms with Crippen molar-refractivity contribution in [3.05, 3.63) is 17.7 Å². The van der Waals surface area contributed by atoms with Crippen LogP contribution in [0.4, 0.5) is 0 Å². The zero-order valence-electron chi connectivity index (χ0n) is 9.32. The topological polar surface area (TPSA) is 75.2 Å². The second-order valence-electron chi connectivity index (χ2n) is 4.21. The lowest BCUT2D eigenvalue weighted by atomic mass is 9.84. The Labute approximate surface area is 93.8 Å². The summed E-state index contributed by atoms with van der Waals surface area (Å²) in [7, 11) is 1.66. The minimum absolute atomic E-state index is 0.122. The van der Waals surface area contributed by atoms with E-state index in [1.807, 2.05) is 0 Å². The lowest BCUT2D eigenvalue weighted by molar-refractivity contribution is -0.0509. The van der Waals surface area contributed by atoms with Gasteiger partial charge >= 0.3 is 5.97 Å². The van der Waals surface area contributed by atoms with Gasteiger partial charge in [-0.3, -0.25) is 0 Å². The molecular weight excluding hydrogens is 208 g/mol. The van der Waals surface area contributed by atoms with Gasteiger partial charge in [0.15, 0.2) is 0 Å². The predicted molar refractivity (Wildman–Crippen MR) is 57.3 cm³/mol. The molecule has 0 amide bonds. The monoisotopic (exact) mass is 224 g/mol. The van der Waals surface area contributed by atoms with Crippen LogP contribution in [0, 0.1) is 0 Å². The summed E-state index contributed by atoms with van der Waals surface area (Å²) in [6, 6.07) is 0. The van der Waals surface area contributed by atoms with Crippen LogP contribution in [0.25, 0.3) is 0 Å². The molecule has 16 heavy (non-hydrogen) atoms. The van der Waals surface area contributed by atoms with Crippen molar-refractivity contribution in [3.63, 3.8) is 0 Å². The number of imidazole rings is 1. The highest BCUT2D eigenvalue weighted by molar-refractivity contribution is 5.85. The second kappa shape index (κ2) is 4.25. The summed E-state index contributed by atoms with van der Waals surface area (Å²) in [5.41, 5.74) is -0.289. The number of nitrogens with one attached hydrogen (secondary N) is 1. The molecule has 0 bridgehead atoms. The van der Waals surface area contributed by atoms with Gasteiger partial charge in [-0.1, -0.05) is 19.3 Å². The first kappa shape index (κ1) is 11.1. The van der Waals surface area contributed by atoms with E-state index in [1.54, 1.807) is 7.11 Å². The second-order valence-corrected chi connectivity index (χ2v) is 4.21. The Balaban J connectivity index is 2.28. The van der Waals surface area contributed by atoms with Crippen molar-refractivity contribution in [2.75, 3.05) is 7.11 Å². The third-order valence-electron chi connectivity index (χ3n) is 3.29. The largest absolute Gasteiger partial charge is 0.477 e. The standard InChI is InChI=1S/C11H16N2O3/c1-16-11(5-3-2-4-6-11)10-12-7-8(13-10)9(14)15/h7H,2-6H2,1H3,(H,12,13)(H,14,15). The van der Waals surface area contributed by atoms with Gasteiger partial charge in [-0.2, -0.15) is 0 Å². The molecule has 1 heterocycles. The Hall–Kier alpha value is -1.36. The first-order chi connectivity index (χ1) is 7.68. The van der Waals surface area contributed by atoms with Crippen molar-refractivity contribution >= 4 is 5.97 Å². The highest BCUT2D eigenvalue weighted by Crippen LogP contribution is 2.38. The first-order valence-corrected chi connectivity index (χ1v) is 5.52. The minimum atomic E-state index is -0.985. The van der Waals surface area contributed by atoms with E-state index in [9.17, 15) is 4.79 Å². The quantitative estimate of drug-likeness (QED) is 0.822. The maximum absolute atomic E-state index is 10.8. The summed E-state index contributed by atoms with van der Waals surface area (Å²) in [5.74, 6) is -0.340. The van der Waals surface area contributed by atoms with Crippen LogP contribution >= 0.6 is 0 Å². The van der Waals surface area contributed by atoms with E-state index in [4.69, 9.17) is 9.84 Å². The van der Waals surface area contributed by atoms with E-state index in [1.165, 1.54) is 12.6 Å². The van der Waals surface area contributed by atoms with E-state index in [0.717, 1.165) is 25.7 Å². The number of aromatic nitrogens is 2. The summed E-state index contributed by atoms with van der Waals surface area (Å²) in [4.78, 5) is 17.8. The average molecular weight is 224 g/mol. The van der Waals surface area contributed by atoms with Crippen LogP contribution in [0.2, 0.25) is 0 Å². The zero-order valence-corrected chi connectivity index (χ0v) is 9.32. The van der Waals surface area contributed by atoms with Crippen LogP contribution < -0.4 is 0 Å². The van der Waals surface area contributed by atoms with Crippen molar-refractivity contribution in [3.8, 4) is 0 Å². The SMILES string of the molecule is COC1(c2ncc(C(=O)O)[nH]2)CCCCC1. The smallest absolute Gasteiger partial charge is 0.353 e. The predicted octanol–water partition coefficient (Wildman–Crippen LogP) is 1.91. The number of carboxylic acids is 1. The fraction of sp³-hybridized carbons (Fsp3) is 0.636. The summed E-state index contributed by atoms with van der Waals surface area (Å²) in [6.07, 6.45) is 6.55. The Morgan fingerprint density at radius 2 is 2.19 bits per heavy atom. The number of hydrogen-bond donors (Lipinski definition) is 2. The van der Waals surface area contributed by atoms with Gasteiger partial charge in [0, 0.05) is 7.11 Å². The third-order valence-corrected chi connectivity index (χ3v) is 3.29. The van der Waals surface area contributed by atoms with Crippen molar-refractivity contribution in [2.45, 2.75) is 37.7 Å². The van der Waals surface area contributed by atoms with Gasteiger partial charge in [-0.15, -0.1) is 0 Å². The molecule has 0 spiro atoms. The highest BCUT2D eigenvalue weighted by Gasteiger charge is 2.36. The molecule has 0 saturated heterocycles. The minimum Gasteiger partial charge on any atom is -0.477 e. The highest BCUT2D eigenvalue weighted by atomic mass is 16.5. The van der Waals surface area contributed by atoms with Crippen molar-refractivity contribution in [2.24, 2.45) is 0 Å². The van der Waals surface area contributed by atoms with Crippen LogP contribution in [0.1, 0.15) is 48.4 Å². The van der Waals surface area contributed by atoms with Crippen LogP contribution in [-0.4, -0.2) is 28.2 Å². The van der Waals surface area contributed by atoms with Crippen molar-refractivity contribution in [1.82, 2.24) is 9.97 Å². The molecule has 0 atom stereocenters. The van der Waals surface area contributed by atoms with E-state index < -0.39 is 11.6 Å². The lowest BCUT2D eigenvalue weighted by Gasteiger charge is -2.34. The number of carboxylic acid groups (broad SMARTS) is 1. The molecule has 0 aliphatic heterocycles. The van der Waals surface area contributed by atoms with E-state index in [0.29, 0.717) is 5.82 Å². The molecule has 1 aromatic heterocycles. The van der Waals surface area contributed by atoms with E-state index in [2.05, 4.69) is 9.97 Å². The molecule has 1 aliphatic carbocycles. The summed E-state index contributed by atoms with van der Waals surface area (Å²) in [5, 5.41) is 8.84. The molecule has 2 N–H and O–H groups in total. The van der Waals surface area contributed by atoms with Gasteiger partial charge in [0.05, 0.1) is 6.20 Å². The number of nitrogens with zero attached hydrogens (tertiary/aromatic N) is 1.